The van der Waals surface area contributed by atoms with E-state index < -0.39 is 16.5 Å². The summed E-state index contributed by atoms with van der Waals surface area (Å²) in [4.78, 5) is 46.2. The van der Waals surface area contributed by atoms with Gasteiger partial charge < -0.3 is 15.5 Å². The monoisotopic (exact) mass is 420 g/mol. The van der Waals surface area contributed by atoms with Gasteiger partial charge in [-0.2, -0.15) is 0 Å². The largest absolute Gasteiger partial charge is 0.494 e. The predicted molar refractivity (Wildman–Crippen MR) is 111 cm³/mol. The van der Waals surface area contributed by atoms with E-state index in [1.807, 2.05) is 6.92 Å². The van der Waals surface area contributed by atoms with Crippen LogP contribution in [0.3, 0.4) is 0 Å². The van der Waals surface area contributed by atoms with Crippen LogP contribution in [-0.2, 0) is 0 Å². The van der Waals surface area contributed by atoms with Crippen LogP contribution < -0.4 is 16.2 Å². The standard InChI is InChI=1S/C20H16N6O5/c1-2-31-14-9-7-12(8-10-14)25-19-16(23-20(25)28)15(17(21)27)22-18(24-19)11-3-5-13(6-4-11)26(29)30/h3-10H,2H2,1H3,(H2,21,27)(H,23,28). The summed E-state index contributed by atoms with van der Waals surface area (Å²) in [5.74, 6) is -0.122. The number of hydrogen-bond acceptors (Lipinski definition) is 7. The molecule has 0 bridgehead atoms. The van der Waals surface area contributed by atoms with Crippen LogP contribution in [-0.4, -0.2) is 37.0 Å². The lowest BCUT2D eigenvalue weighted by Crippen LogP contribution is -2.15. The number of carbonyl (C=O) groups excluding carboxylic acids is 1. The first-order chi connectivity index (χ1) is 14.9. The van der Waals surface area contributed by atoms with Crippen molar-refractivity contribution in [3.8, 4) is 22.8 Å². The van der Waals surface area contributed by atoms with E-state index in [1.165, 1.54) is 28.8 Å². The van der Waals surface area contributed by atoms with Gasteiger partial charge in [0, 0.05) is 17.7 Å². The second kappa shape index (κ2) is 7.71. The molecule has 0 saturated heterocycles. The van der Waals surface area contributed by atoms with Gasteiger partial charge in [0.25, 0.3) is 11.6 Å². The molecule has 0 spiro atoms. The van der Waals surface area contributed by atoms with Crippen molar-refractivity contribution < 1.29 is 14.5 Å². The van der Waals surface area contributed by atoms with Crippen LogP contribution >= 0.6 is 0 Å². The van der Waals surface area contributed by atoms with E-state index in [9.17, 15) is 19.7 Å². The fourth-order valence-electron chi connectivity index (χ4n) is 3.12. The number of primary amides is 1. The van der Waals surface area contributed by atoms with E-state index in [0.717, 1.165) is 0 Å². The van der Waals surface area contributed by atoms with Gasteiger partial charge in [-0.1, -0.05) is 0 Å². The molecule has 0 fully saturated rings. The number of non-ortho nitro benzene ring substituents is 1. The van der Waals surface area contributed by atoms with Crippen molar-refractivity contribution >= 4 is 22.8 Å². The van der Waals surface area contributed by atoms with E-state index in [1.54, 1.807) is 24.3 Å². The molecule has 31 heavy (non-hydrogen) atoms. The third kappa shape index (κ3) is 3.59. The molecule has 11 heteroatoms. The lowest BCUT2D eigenvalue weighted by Gasteiger charge is -2.08. The SMILES string of the molecule is CCOc1ccc(-n2c(=O)[nH]c3c(C(N)=O)nc(-c4ccc([N+](=O)[O-])cc4)nc32)cc1. The number of H-pyrrole nitrogens is 1. The topological polar surface area (TPSA) is 159 Å². The third-order valence-corrected chi connectivity index (χ3v) is 4.51. The molecule has 0 unspecified atom stereocenters. The second-order valence-electron chi connectivity index (χ2n) is 6.46. The molecule has 2 heterocycles. The Balaban J connectivity index is 1.92. The first-order valence-corrected chi connectivity index (χ1v) is 9.19. The van der Waals surface area contributed by atoms with E-state index in [0.29, 0.717) is 23.6 Å². The fourth-order valence-corrected chi connectivity index (χ4v) is 3.12. The van der Waals surface area contributed by atoms with Gasteiger partial charge in [-0.15, -0.1) is 0 Å². The molecule has 2 aromatic carbocycles. The number of rotatable bonds is 6. The van der Waals surface area contributed by atoms with Gasteiger partial charge in [0.2, 0.25) is 0 Å². The highest BCUT2D eigenvalue weighted by molar-refractivity contribution is 6.02. The zero-order chi connectivity index (χ0) is 22.1. The minimum Gasteiger partial charge on any atom is -0.494 e. The molecule has 156 valence electrons. The van der Waals surface area contributed by atoms with Gasteiger partial charge in [0.1, 0.15) is 11.3 Å². The maximum Gasteiger partial charge on any atom is 0.332 e. The van der Waals surface area contributed by atoms with Crippen molar-refractivity contribution in [2.75, 3.05) is 6.61 Å². The van der Waals surface area contributed by atoms with Crippen molar-refractivity contribution in [3.05, 3.63) is 74.8 Å². The summed E-state index contributed by atoms with van der Waals surface area (Å²) >= 11 is 0. The van der Waals surface area contributed by atoms with E-state index in [4.69, 9.17) is 10.5 Å². The lowest BCUT2D eigenvalue weighted by atomic mass is 10.2. The number of amides is 1. The highest BCUT2D eigenvalue weighted by Crippen LogP contribution is 2.24. The normalized spacial score (nSPS) is 10.9. The van der Waals surface area contributed by atoms with Gasteiger partial charge in [-0.3, -0.25) is 14.9 Å². The number of carbonyl (C=O) groups is 1. The van der Waals surface area contributed by atoms with Crippen LogP contribution in [0.25, 0.3) is 28.2 Å². The van der Waals surface area contributed by atoms with Crippen molar-refractivity contribution in [1.82, 2.24) is 19.5 Å². The predicted octanol–water partition coefficient (Wildman–Crippen LogP) is 2.18. The number of aromatic nitrogens is 4. The minimum atomic E-state index is -0.851. The zero-order valence-electron chi connectivity index (χ0n) is 16.2. The average Bonchev–Trinajstić information content (AvgIpc) is 3.09. The Morgan fingerprint density at radius 2 is 1.84 bits per heavy atom. The number of hydrogen-bond donors (Lipinski definition) is 2. The molecule has 0 radical (unpaired) electrons. The molecule has 11 nitrogen and oxygen atoms in total. The maximum absolute atomic E-state index is 12.7. The second-order valence-corrected chi connectivity index (χ2v) is 6.46. The van der Waals surface area contributed by atoms with Gasteiger partial charge >= 0.3 is 5.69 Å². The number of nitrogens with one attached hydrogen (secondary N) is 1. The number of ether oxygens (including phenoxy) is 1. The molecule has 0 aliphatic heterocycles. The summed E-state index contributed by atoms with van der Waals surface area (Å²) in [5.41, 5.74) is 5.82. The first-order valence-electron chi connectivity index (χ1n) is 9.19. The average molecular weight is 420 g/mol. The molecule has 1 amide bonds. The fraction of sp³-hybridized carbons (Fsp3) is 0.100. The van der Waals surface area contributed by atoms with Crippen molar-refractivity contribution in [2.24, 2.45) is 5.73 Å². The van der Waals surface area contributed by atoms with Crippen LogP contribution in [0.2, 0.25) is 0 Å². The van der Waals surface area contributed by atoms with Crippen LogP contribution in [0.5, 0.6) is 5.75 Å². The maximum atomic E-state index is 12.7. The van der Waals surface area contributed by atoms with Crippen LogP contribution in [0.15, 0.2) is 53.3 Å². The Morgan fingerprint density at radius 1 is 1.16 bits per heavy atom. The number of nitro groups is 1. The Bertz CT molecular complexity index is 1360. The van der Waals surface area contributed by atoms with Crippen molar-refractivity contribution in [3.63, 3.8) is 0 Å². The molecule has 2 aromatic heterocycles. The number of fused-ring (bicyclic) bond motifs is 1. The first kappa shape index (κ1) is 19.8. The van der Waals surface area contributed by atoms with Crippen molar-refractivity contribution in [1.29, 1.82) is 0 Å². The molecular weight excluding hydrogens is 404 g/mol. The molecule has 4 aromatic rings. The summed E-state index contributed by atoms with van der Waals surface area (Å²) < 4.78 is 6.71. The van der Waals surface area contributed by atoms with E-state index in [2.05, 4.69) is 15.0 Å². The molecule has 0 aliphatic rings. The zero-order valence-corrected chi connectivity index (χ0v) is 16.2. The quantitative estimate of drug-likeness (QED) is 0.357. The van der Waals surface area contributed by atoms with E-state index >= 15 is 0 Å². The highest BCUT2D eigenvalue weighted by Gasteiger charge is 2.20. The van der Waals surface area contributed by atoms with Gasteiger partial charge in [0.05, 0.1) is 17.2 Å². The molecular formula is C20H16N6O5. The Hall–Kier alpha value is -4.54. The van der Waals surface area contributed by atoms with Crippen LogP contribution in [0.4, 0.5) is 5.69 Å². The number of imidazole rings is 1. The number of nitrogens with two attached hydrogens (primary N) is 1. The Kier molecular flexibility index (Phi) is 4.91. The van der Waals surface area contributed by atoms with Gasteiger partial charge in [-0.25, -0.2) is 19.3 Å². The summed E-state index contributed by atoms with van der Waals surface area (Å²) in [7, 11) is 0. The molecule has 4 rings (SSSR count). The van der Waals surface area contributed by atoms with Crippen molar-refractivity contribution in [2.45, 2.75) is 6.92 Å². The highest BCUT2D eigenvalue weighted by atomic mass is 16.6. The number of nitrogens with zero attached hydrogens (tertiary/aromatic N) is 4. The smallest absolute Gasteiger partial charge is 0.332 e. The number of aromatic amines is 1. The summed E-state index contributed by atoms with van der Waals surface area (Å²) in [6.07, 6.45) is 0. The molecule has 0 saturated carbocycles. The third-order valence-electron chi connectivity index (χ3n) is 4.51. The van der Waals surface area contributed by atoms with Gasteiger partial charge in [0.15, 0.2) is 17.2 Å². The Morgan fingerprint density at radius 3 is 2.42 bits per heavy atom. The summed E-state index contributed by atoms with van der Waals surface area (Å²) in [6.45, 7) is 2.36. The van der Waals surface area contributed by atoms with Crippen LogP contribution in [0, 0.1) is 10.1 Å². The van der Waals surface area contributed by atoms with Crippen LogP contribution in [0.1, 0.15) is 17.4 Å². The molecule has 3 N–H and O–H groups in total. The molecule has 0 aliphatic carbocycles. The van der Waals surface area contributed by atoms with Gasteiger partial charge in [-0.05, 0) is 43.3 Å². The van der Waals surface area contributed by atoms with E-state index in [-0.39, 0.29) is 28.4 Å². The minimum absolute atomic E-state index is 0.0925. The number of nitro benzene ring substituents is 1. The summed E-state index contributed by atoms with van der Waals surface area (Å²) in [6, 6.07) is 12.3. The Labute approximate surface area is 174 Å². The summed E-state index contributed by atoms with van der Waals surface area (Å²) in [5, 5.41) is 10.9. The number of benzene rings is 2. The molecule has 0 atom stereocenters. The lowest BCUT2D eigenvalue weighted by molar-refractivity contribution is -0.384.